The second-order valence-corrected chi connectivity index (χ2v) is 9.13. The fourth-order valence-electron chi connectivity index (χ4n) is 5.05. The number of aromatic nitrogens is 3. The Hall–Kier alpha value is -3.09. The van der Waals surface area contributed by atoms with Crippen molar-refractivity contribution < 1.29 is 9.53 Å². The van der Waals surface area contributed by atoms with Crippen LogP contribution in [0.5, 0.6) is 5.75 Å². The molecular formula is C25H31N5O2. The summed E-state index contributed by atoms with van der Waals surface area (Å²) in [5, 5.41) is 7.94. The van der Waals surface area contributed by atoms with Crippen molar-refractivity contribution in [1.82, 2.24) is 19.9 Å². The lowest BCUT2D eigenvalue weighted by Crippen LogP contribution is -2.33. The van der Waals surface area contributed by atoms with Crippen LogP contribution in [0.15, 0.2) is 30.5 Å². The van der Waals surface area contributed by atoms with Crippen LogP contribution in [-0.2, 0) is 0 Å². The number of para-hydroxylation sites is 1. The molecule has 32 heavy (non-hydrogen) atoms. The molecule has 3 aromatic rings. The molecular weight excluding hydrogens is 402 g/mol. The molecule has 2 aliphatic rings. The molecule has 1 N–H and O–H groups in total. The van der Waals surface area contributed by atoms with Crippen LogP contribution in [0.3, 0.4) is 0 Å². The predicted octanol–water partition coefficient (Wildman–Crippen LogP) is 4.41. The highest BCUT2D eigenvalue weighted by atomic mass is 16.5. The highest BCUT2D eigenvalue weighted by molar-refractivity contribution is 5.97. The zero-order valence-corrected chi connectivity index (χ0v) is 19.1. The van der Waals surface area contributed by atoms with Gasteiger partial charge in [-0.05, 0) is 38.2 Å². The van der Waals surface area contributed by atoms with Crippen molar-refractivity contribution in [2.45, 2.75) is 58.4 Å². The van der Waals surface area contributed by atoms with E-state index >= 15 is 0 Å². The number of ether oxygens (including phenoxy) is 1. The second-order valence-electron chi connectivity index (χ2n) is 9.13. The number of fused-ring (bicyclic) bond motifs is 2. The molecule has 0 bridgehead atoms. The number of aryl methyl sites for hydroxylation is 1. The molecule has 1 saturated heterocycles. The van der Waals surface area contributed by atoms with E-state index in [1.165, 1.54) is 19.3 Å². The molecule has 0 radical (unpaired) electrons. The second kappa shape index (κ2) is 8.45. The van der Waals surface area contributed by atoms with E-state index in [4.69, 9.17) is 14.8 Å². The molecule has 0 saturated carbocycles. The van der Waals surface area contributed by atoms with Crippen LogP contribution in [0, 0.1) is 6.92 Å². The van der Waals surface area contributed by atoms with E-state index in [-0.39, 0.29) is 17.9 Å². The summed E-state index contributed by atoms with van der Waals surface area (Å²) in [6, 6.07) is 7.84. The smallest absolute Gasteiger partial charge is 0.253 e. The molecule has 5 rings (SSSR count). The predicted molar refractivity (Wildman–Crippen MR) is 125 cm³/mol. The van der Waals surface area contributed by atoms with Gasteiger partial charge in [-0.3, -0.25) is 4.79 Å². The van der Waals surface area contributed by atoms with Gasteiger partial charge in [0.2, 0.25) is 0 Å². The molecule has 4 heterocycles. The maximum atomic E-state index is 13.4. The van der Waals surface area contributed by atoms with Gasteiger partial charge in [0.1, 0.15) is 5.75 Å². The van der Waals surface area contributed by atoms with Gasteiger partial charge in [0.05, 0.1) is 30.1 Å². The van der Waals surface area contributed by atoms with Gasteiger partial charge < -0.3 is 15.0 Å². The minimum Gasteiger partial charge on any atom is -0.493 e. The largest absolute Gasteiger partial charge is 0.493 e. The number of carbonyl (C=O) groups is 1. The average Bonchev–Trinajstić information content (AvgIpc) is 3.14. The number of piperidine rings is 1. The molecule has 2 aliphatic heterocycles. The summed E-state index contributed by atoms with van der Waals surface area (Å²) in [5.41, 5.74) is 4.34. The number of hydrogen-bond donors (Lipinski definition) is 1. The fourth-order valence-corrected chi connectivity index (χ4v) is 5.05. The Labute approximate surface area is 188 Å². The SMILES string of the molecule is Cc1nc2c(C(C)C)c(C(=O)N[C@H]3CCOc4ccccc43)cnn2c1N1CCCCC1. The maximum absolute atomic E-state index is 13.4. The van der Waals surface area contributed by atoms with E-state index in [0.29, 0.717) is 12.2 Å². The van der Waals surface area contributed by atoms with E-state index in [2.05, 4.69) is 24.1 Å². The lowest BCUT2D eigenvalue weighted by molar-refractivity contribution is 0.0923. The summed E-state index contributed by atoms with van der Waals surface area (Å²) in [6.45, 7) is 8.91. The number of benzene rings is 1. The van der Waals surface area contributed by atoms with Crippen molar-refractivity contribution in [2.24, 2.45) is 0 Å². The topological polar surface area (TPSA) is 71.8 Å². The first-order valence-corrected chi connectivity index (χ1v) is 11.7. The Morgan fingerprint density at radius 3 is 2.75 bits per heavy atom. The number of nitrogens with zero attached hydrogens (tertiary/aromatic N) is 4. The van der Waals surface area contributed by atoms with Crippen LogP contribution in [-0.4, -0.2) is 40.2 Å². The average molecular weight is 434 g/mol. The monoisotopic (exact) mass is 433 g/mol. The molecule has 0 spiro atoms. The van der Waals surface area contributed by atoms with E-state index in [1.54, 1.807) is 6.20 Å². The Morgan fingerprint density at radius 1 is 1.19 bits per heavy atom. The Kier molecular flexibility index (Phi) is 5.49. The Balaban J connectivity index is 1.52. The molecule has 7 nitrogen and oxygen atoms in total. The van der Waals surface area contributed by atoms with Gasteiger partial charge in [-0.2, -0.15) is 9.61 Å². The normalized spacial score (nSPS) is 18.5. The standard InChI is InChI=1S/C25H31N5O2/c1-16(2)22-19(24(31)28-20-11-14-32-21-10-6-5-9-18(20)21)15-26-30-23(22)27-17(3)25(30)29-12-7-4-8-13-29/h5-6,9-10,15-16,20H,4,7-8,11-14H2,1-3H3,(H,28,31)/t20-/m0/s1. The van der Waals surface area contributed by atoms with Crippen LogP contribution in [0.2, 0.25) is 0 Å². The van der Waals surface area contributed by atoms with Crippen LogP contribution < -0.4 is 15.0 Å². The number of hydrogen-bond acceptors (Lipinski definition) is 5. The third kappa shape index (κ3) is 3.59. The number of anilines is 1. The minimum atomic E-state index is -0.106. The summed E-state index contributed by atoms with van der Waals surface area (Å²) >= 11 is 0. The highest BCUT2D eigenvalue weighted by Crippen LogP contribution is 2.33. The molecule has 2 aromatic heterocycles. The number of carbonyl (C=O) groups excluding carboxylic acids is 1. The summed E-state index contributed by atoms with van der Waals surface area (Å²) < 4.78 is 7.69. The number of amides is 1. The van der Waals surface area contributed by atoms with Crippen molar-refractivity contribution in [3.8, 4) is 5.75 Å². The maximum Gasteiger partial charge on any atom is 0.253 e. The number of imidazole rings is 1. The zero-order valence-electron chi connectivity index (χ0n) is 19.1. The van der Waals surface area contributed by atoms with Crippen molar-refractivity contribution in [3.63, 3.8) is 0 Å². The number of nitrogens with one attached hydrogen (secondary N) is 1. The molecule has 1 fully saturated rings. The number of rotatable bonds is 4. The van der Waals surface area contributed by atoms with Gasteiger partial charge in [-0.15, -0.1) is 0 Å². The summed E-state index contributed by atoms with van der Waals surface area (Å²) in [6.07, 6.45) is 6.12. The van der Waals surface area contributed by atoms with Crippen LogP contribution in [0.4, 0.5) is 5.82 Å². The van der Waals surface area contributed by atoms with E-state index < -0.39 is 0 Å². The quantitative estimate of drug-likeness (QED) is 0.660. The molecule has 1 atom stereocenters. The molecule has 7 heteroatoms. The third-order valence-electron chi connectivity index (χ3n) is 6.57. The third-order valence-corrected chi connectivity index (χ3v) is 6.57. The van der Waals surface area contributed by atoms with Crippen molar-refractivity contribution >= 4 is 17.4 Å². The first-order valence-electron chi connectivity index (χ1n) is 11.7. The van der Waals surface area contributed by atoms with E-state index in [0.717, 1.165) is 53.5 Å². The van der Waals surface area contributed by atoms with Gasteiger partial charge in [-0.25, -0.2) is 4.98 Å². The first-order chi connectivity index (χ1) is 15.5. The molecule has 1 amide bonds. The summed E-state index contributed by atoms with van der Waals surface area (Å²) in [5.74, 6) is 1.94. The van der Waals surface area contributed by atoms with Gasteiger partial charge in [0, 0.05) is 30.6 Å². The molecule has 0 unspecified atom stereocenters. The summed E-state index contributed by atoms with van der Waals surface area (Å²) in [4.78, 5) is 20.7. The van der Waals surface area contributed by atoms with Crippen LogP contribution in [0.1, 0.15) is 78.7 Å². The van der Waals surface area contributed by atoms with E-state index in [9.17, 15) is 4.79 Å². The zero-order chi connectivity index (χ0) is 22.2. The van der Waals surface area contributed by atoms with Crippen LogP contribution in [0.25, 0.3) is 5.65 Å². The van der Waals surface area contributed by atoms with Crippen LogP contribution >= 0.6 is 0 Å². The minimum absolute atomic E-state index is 0.0749. The summed E-state index contributed by atoms with van der Waals surface area (Å²) in [7, 11) is 0. The van der Waals surface area contributed by atoms with Gasteiger partial charge in [0.25, 0.3) is 5.91 Å². The van der Waals surface area contributed by atoms with Crippen molar-refractivity contribution in [1.29, 1.82) is 0 Å². The highest BCUT2D eigenvalue weighted by Gasteiger charge is 2.28. The Morgan fingerprint density at radius 2 is 1.97 bits per heavy atom. The van der Waals surface area contributed by atoms with Gasteiger partial charge in [0.15, 0.2) is 11.5 Å². The molecule has 168 valence electrons. The van der Waals surface area contributed by atoms with E-state index in [1.807, 2.05) is 35.7 Å². The van der Waals surface area contributed by atoms with Gasteiger partial charge in [-0.1, -0.05) is 32.0 Å². The lowest BCUT2D eigenvalue weighted by atomic mass is 9.97. The van der Waals surface area contributed by atoms with Gasteiger partial charge >= 0.3 is 0 Å². The Bertz CT molecular complexity index is 1150. The first kappa shape index (κ1) is 20.8. The molecule has 1 aromatic carbocycles. The lowest BCUT2D eigenvalue weighted by Gasteiger charge is -2.28. The molecule has 0 aliphatic carbocycles. The van der Waals surface area contributed by atoms with Crippen molar-refractivity contribution in [3.05, 3.63) is 52.8 Å². The van der Waals surface area contributed by atoms with Crippen molar-refractivity contribution in [2.75, 3.05) is 24.6 Å². The fraction of sp³-hybridized carbons (Fsp3) is 0.480.